The molecule has 7 nitrogen and oxygen atoms in total. The number of halogens is 2. The van der Waals surface area contributed by atoms with Crippen LogP contribution in [0.1, 0.15) is 0 Å². The van der Waals surface area contributed by atoms with E-state index in [0.717, 1.165) is 0 Å². The largest absolute Gasteiger partial charge is 0.494 e. The highest BCUT2D eigenvalue weighted by Gasteiger charge is 2.14. The second kappa shape index (κ2) is 7.85. The zero-order chi connectivity index (χ0) is 17.7. The van der Waals surface area contributed by atoms with Crippen molar-refractivity contribution in [2.75, 3.05) is 19.0 Å². The van der Waals surface area contributed by atoms with Gasteiger partial charge in [0.2, 0.25) is 0 Å². The van der Waals surface area contributed by atoms with Crippen molar-refractivity contribution in [2.24, 2.45) is 0 Å². The van der Waals surface area contributed by atoms with Crippen LogP contribution in [0.2, 0.25) is 10.0 Å². The van der Waals surface area contributed by atoms with E-state index in [2.05, 4.69) is 5.32 Å². The summed E-state index contributed by atoms with van der Waals surface area (Å²) in [5, 5.41) is 14.0. The molecule has 0 aromatic heterocycles. The summed E-state index contributed by atoms with van der Waals surface area (Å²) in [7, 11) is 1.35. The molecule has 1 amide bonds. The second-order valence-corrected chi connectivity index (χ2v) is 5.40. The van der Waals surface area contributed by atoms with Gasteiger partial charge in [-0.3, -0.25) is 14.9 Å². The van der Waals surface area contributed by atoms with E-state index in [1.165, 1.54) is 31.4 Å². The van der Waals surface area contributed by atoms with Crippen molar-refractivity contribution in [1.82, 2.24) is 0 Å². The number of carbonyl (C=O) groups excluding carboxylic acids is 1. The number of ether oxygens (including phenoxy) is 2. The first-order chi connectivity index (χ1) is 11.4. The van der Waals surface area contributed by atoms with Crippen LogP contribution >= 0.6 is 23.2 Å². The van der Waals surface area contributed by atoms with Crippen LogP contribution in [-0.2, 0) is 4.79 Å². The summed E-state index contributed by atoms with van der Waals surface area (Å²) in [6, 6.07) is 8.48. The lowest BCUT2D eigenvalue weighted by Crippen LogP contribution is -2.20. The molecule has 2 aromatic rings. The number of hydrogen-bond acceptors (Lipinski definition) is 5. The third-order valence-corrected chi connectivity index (χ3v) is 3.45. The highest BCUT2D eigenvalue weighted by molar-refractivity contribution is 6.35. The van der Waals surface area contributed by atoms with E-state index in [0.29, 0.717) is 16.5 Å². The first-order valence-corrected chi connectivity index (χ1v) is 7.36. The van der Waals surface area contributed by atoms with Crippen molar-refractivity contribution >= 4 is 40.5 Å². The molecular weight excluding hydrogens is 359 g/mol. The number of non-ortho nitro benzene ring substituents is 1. The van der Waals surface area contributed by atoms with E-state index in [-0.39, 0.29) is 23.1 Å². The normalized spacial score (nSPS) is 10.1. The lowest BCUT2D eigenvalue weighted by atomic mass is 10.2. The molecular formula is C15H12Cl2N2O5. The Labute approximate surface area is 147 Å². The Balaban J connectivity index is 2.03. The van der Waals surface area contributed by atoms with Crippen LogP contribution in [0, 0.1) is 10.1 Å². The molecule has 0 aliphatic heterocycles. The van der Waals surface area contributed by atoms with Crippen LogP contribution in [-0.4, -0.2) is 24.5 Å². The number of amides is 1. The van der Waals surface area contributed by atoms with Crippen LogP contribution in [0.25, 0.3) is 0 Å². The first-order valence-electron chi connectivity index (χ1n) is 6.61. The number of nitrogens with one attached hydrogen (secondary N) is 1. The zero-order valence-corrected chi connectivity index (χ0v) is 13.9. The average molecular weight is 371 g/mol. The molecule has 0 unspecified atom stereocenters. The maximum Gasteiger partial charge on any atom is 0.273 e. The summed E-state index contributed by atoms with van der Waals surface area (Å²) in [5.41, 5.74) is 0.146. The fourth-order valence-corrected chi connectivity index (χ4v) is 2.28. The number of anilines is 1. The SMILES string of the molecule is COc1cc([N+](=O)[O-])ccc1NC(=O)COc1ccc(Cl)cc1Cl. The van der Waals surface area contributed by atoms with Crippen molar-refractivity contribution in [2.45, 2.75) is 0 Å². The molecule has 0 saturated carbocycles. The molecule has 0 radical (unpaired) electrons. The zero-order valence-electron chi connectivity index (χ0n) is 12.4. The Bertz CT molecular complexity index is 782. The maximum atomic E-state index is 12.0. The fraction of sp³-hybridized carbons (Fsp3) is 0.133. The van der Waals surface area contributed by atoms with Gasteiger partial charge in [0.05, 0.1) is 28.8 Å². The minimum Gasteiger partial charge on any atom is -0.494 e. The standard InChI is InChI=1S/C15H12Cl2N2O5/c1-23-14-7-10(19(21)22)3-4-12(14)18-15(20)8-24-13-5-2-9(16)6-11(13)17/h2-7H,8H2,1H3,(H,18,20). The van der Waals surface area contributed by atoms with Crippen LogP contribution in [0.4, 0.5) is 11.4 Å². The summed E-state index contributed by atoms with van der Waals surface area (Å²) in [6.45, 7) is -0.304. The first kappa shape index (κ1) is 17.8. The quantitative estimate of drug-likeness (QED) is 0.614. The molecule has 0 bridgehead atoms. The van der Waals surface area contributed by atoms with Gasteiger partial charge in [-0.1, -0.05) is 23.2 Å². The molecule has 9 heteroatoms. The number of nitrogens with zero attached hydrogens (tertiary/aromatic N) is 1. The Morgan fingerprint density at radius 3 is 2.58 bits per heavy atom. The highest BCUT2D eigenvalue weighted by atomic mass is 35.5. The fourth-order valence-electron chi connectivity index (χ4n) is 1.82. The maximum absolute atomic E-state index is 12.0. The highest BCUT2D eigenvalue weighted by Crippen LogP contribution is 2.29. The van der Waals surface area contributed by atoms with Crippen LogP contribution in [0.3, 0.4) is 0 Å². The molecule has 0 heterocycles. The molecule has 2 aromatic carbocycles. The molecule has 0 spiro atoms. The van der Waals surface area contributed by atoms with Gasteiger partial charge in [0, 0.05) is 11.1 Å². The van der Waals surface area contributed by atoms with E-state index < -0.39 is 10.8 Å². The topological polar surface area (TPSA) is 90.7 Å². The van der Waals surface area contributed by atoms with Gasteiger partial charge in [-0.15, -0.1) is 0 Å². The van der Waals surface area contributed by atoms with Gasteiger partial charge in [0.15, 0.2) is 6.61 Å². The lowest BCUT2D eigenvalue weighted by molar-refractivity contribution is -0.384. The number of nitro groups is 1. The summed E-state index contributed by atoms with van der Waals surface area (Å²) >= 11 is 11.7. The van der Waals surface area contributed by atoms with Crippen molar-refractivity contribution < 1.29 is 19.2 Å². The number of carbonyl (C=O) groups is 1. The van der Waals surface area contributed by atoms with Gasteiger partial charge in [-0.05, 0) is 24.3 Å². The Morgan fingerprint density at radius 2 is 1.96 bits per heavy atom. The molecule has 2 rings (SSSR count). The predicted molar refractivity (Wildman–Crippen MR) is 90.2 cm³/mol. The van der Waals surface area contributed by atoms with Gasteiger partial charge < -0.3 is 14.8 Å². The van der Waals surface area contributed by atoms with E-state index in [4.69, 9.17) is 32.7 Å². The Kier molecular flexibility index (Phi) is 5.83. The van der Waals surface area contributed by atoms with Crippen molar-refractivity contribution in [3.8, 4) is 11.5 Å². The van der Waals surface area contributed by atoms with Gasteiger partial charge in [0.25, 0.3) is 11.6 Å². The molecule has 0 aliphatic carbocycles. The summed E-state index contributed by atoms with van der Waals surface area (Å²) in [6.07, 6.45) is 0. The lowest BCUT2D eigenvalue weighted by Gasteiger charge is -2.11. The smallest absolute Gasteiger partial charge is 0.273 e. The number of nitro benzene ring substituents is 1. The number of rotatable bonds is 6. The van der Waals surface area contributed by atoms with Gasteiger partial charge in [-0.25, -0.2) is 0 Å². The second-order valence-electron chi connectivity index (χ2n) is 4.55. The van der Waals surface area contributed by atoms with Gasteiger partial charge in [-0.2, -0.15) is 0 Å². The van der Waals surface area contributed by atoms with E-state index in [1.54, 1.807) is 12.1 Å². The molecule has 24 heavy (non-hydrogen) atoms. The van der Waals surface area contributed by atoms with E-state index in [1.807, 2.05) is 0 Å². The minimum absolute atomic E-state index is 0.144. The van der Waals surface area contributed by atoms with Crippen LogP contribution in [0.5, 0.6) is 11.5 Å². The van der Waals surface area contributed by atoms with Crippen molar-refractivity contribution in [1.29, 1.82) is 0 Å². The molecule has 0 saturated heterocycles. The molecule has 1 N–H and O–H groups in total. The third kappa shape index (κ3) is 4.50. The van der Waals surface area contributed by atoms with Crippen LogP contribution < -0.4 is 14.8 Å². The average Bonchev–Trinajstić information content (AvgIpc) is 2.54. The predicted octanol–water partition coefficient (Wildman–Crippen LogP) is 3.93. The third-order valence-electron chi connectivity index (χ3n) is 2.92. The van der Waals surface area contributed by atoms with Crippen LogP contribution in [0.15, 0.2) is 36.4 Å². The number of methoxy groups -OCH3 is 1. The van der Waals surface area contributed by atoms with Gasteiger partial charge >= 0.3 is 0 Å². The summed E-state index contributed by atoms with van der Waals surface area (Å²) in [4.78, 5) is 22.1. The number of benzene rings is 2. The number of hydrogen-bond donors (Lipinski definition) is 1. The van der Waals surface area contributed by atoms with E-state index in [9.17, 15) is 14.9 Å². The Hall–Kier alpha value is -2.51. The molecule has 126 valence electrons. The summed E-state index contributed by atoms with van der Waals surface area (Å²) < 4.78 is 10.3. The minimum atomic E-state index is -0.556. The van der Waals surface area contributed by atoms with Crippen molar-refractivity contribution in [3.05, 3.63) is 56.6 Å². The van der Waals surface area contributed by atoms with Gasteiger partial charge in [0.1, 0.15) is 11.5 Å². The molecule has 0 atom stereocenters. The monoisotopic (exact) mass is 370 g/mol. The van der Waals surface area contributed by atoms with Crippen molar-refractivity contribution in [3.63, 3.8) is 0 Å². The Morgan fingerprint density at radius 1 is 1.21 bits per heavy atom. The molecule has 0 fully saturated rings. The molecule has 0 aliphatic rings. The van der Waals surface area contributed by atoms with E-state index >= 15 is 0 Å². The summed E-state index contributed by atoms with van der Waals surface area (Å²) in [5.74, 6) is 0.00197.